The minimum absolute atomic E-state index is 0.134. The molecule has 0 bridgehead atoms. The summed E-state index contributed by atoms with van der Waals surface area (Å²) in [5.74, 6) is -1.80. The smallest absolute Gasteiger partial charge is 0.252 e. The molecule has 82 valence electrons. The Balaban J connectivity index is 2.22. The summed E-state index contributed by atoms with van der Waals surface area (Å²) in [6, 6.07) is -0.207. The Kier molecular flexibility index (Phi) is 3.29. The molecule has 1 saturated carbocycles. The van der Waals surface area contributed by atoms with Crippen molar-refractivity contribution in [1.82, 2.24) is 5.32 Å². The molecule has 0 unspecified atom stereocenters. The first-order valence-corrected chi connectivity index (χ1v) is 4.83. The first-order valence-electron chi connectivity index (χ1n) is 4.83. The average Bonchev–Trinajstić information content (AvgIpc) is 1.97. The molecule has 1 fully saturated rings. The third-order valence-corrected chi connectivity index (χ3v) is 2.07. The maximum atomic E-state index is 12.4. The topological polar surface area (TPSA) is 50.4 Å². The van der Waals surface area contributed by atoms with Crippen LogP contribution in [0.2, 0.25) is 0 Å². The lowest BCUT2D eigenvalue weighted by Gasteiger charge is -2.35. The van der Waals surface area contributed by atoms with Crippen LogP contribution in [-0.4, -0.2) is 24.5 Å². The molecule has 3 N–H and O–H groups in total. The monoisotopic (exact) mass is 205 g/mol. The van der Waals surface area contributed by atoms with Crippen molar-refractivity contribution in [2.24, 2.45) is 16.6 Å². The highest BCUT2D eigenvalue weighted by molar-refractivity contribution is 5.78. The number of hydrogen-bond acceptors (Lipinski definition) is 1. The minimum Gasteiger partial charge on any atom is -0.370 e. The van der Waals surface area contributed by atoms with Gasteiger partial charge in [-0.1, -0.05) is 13.8 Å². The number of nitrogens with one attached hydrogen (secondary N) is 1. The van der Waals surface area contributed by atoms with Crippen molar-refractivity contribution in [3.05, 3.63) is 0 Å². The van der Waals surface area contributed by atoms with Crippen LogP contribution in [0, 0.1) is 5.92 Å². The van der Waals surface area contributed by atoms with E-state index in [1.54, 1.807) is 0 Å². The van der Waals surface area contributed by atoms with E-state index in [1.165, 1.54) is 0 Å². The third kappa shape index (κ3) is 3.47. The standard InChI is InChI=1S/C9H17F2N3/c1-6(2)5-13-8(12)14-7-3-9(10,11)4-7/h6-7H,3-5H2,1-2H3,(H3,12,13,14). The zero-order chi connectivity index (χ0) is 10.8. The van der Waals surface area contributed by atoms with Crippen molar-refractivity contribution >= 4 is 5.96 Å². The van der Waals surface area contributed by atoms with Gasteiger partial charge in [0, 0.05) is 25.4 Å². The van der Waals surface area contributed by atoms with Gasteiger partial charge in [-0.15, -0.1) is 0 Å². The summed E-state index contributed by atoms with van der Waals surface area (Å²) in [6.45, 7) is 4.67. The average molecular weight is 205 g/mol. The fourth-order valence-electron chi connectivity index (χ4n) is 1.30. The van der Waals surface area contributed by atoms with Crippen molar-refractivity contribution in [1.29, 1.82) is 0 Å². The molecule has 0 aromatic rings. The number of guanidine groups is 1. The van der Waals surface area contributed by atoms with Crippen LogP contribution >= 0.6 is 0 Å². The van der Waals surface area contributed by atoms with Crippen molar-refractivity contribution in [2.45, 2.75) is 38.7 Å². The molecule has 1 aliphatic rings. The summed E-state index contributed by atoms with van der Waals surface area (Å²) in [6.07, 6.45) is -0.268. The Morgan fingerprint density at radius 1 is 1.57 bits per heavy atom. The van der Waals surface area contributed by atoms with Crippen molar-refractivity contribution in [3.63, 3.8) is 0 Å². The fourth-order valence-corrected chi connectivity index (χ4v) is 1.30. The summed E-state index contributed by atoms with van der Waals surface area (Å²) in [5, 5.41) is 2.78. The number of nitrogens with two attached hydrogens (primary N) is 1. The highest BCUT2D eigenvalue weighted by atomic mass is 19.3. The van der Waals surface area contributed by atoms with E-state index < -0.39 is 5.92 Å². The first kappa shape index (κ1) is 11.2. The van der Waals surface area contributed by atoms with E-state index in [-0.39, 0.29) is 24.8 Å². The van der Waals surface area contributed by atoms with Crippen LogP contribution in [0.25, 0.3) is 0 Å². The van der Waals surface area contributed by atoms with E-state index in [0.29, 0.717) is 12.5 Å². The van der Waals surface area contributed by atoms with Gasteiger partial charge in [0.1, 0.15) is 0 Å². The Labute approximate surface area is 82.8 Å². The molecule has 0 saturated heterocycles. The lowest BCUT2D eigenvalue weighted by molar-refractivity contribution is -0.0886. The Morgan fingerprint density at radius 2 is 2.14 bits per heavy atom. The summed E-state index contributed by atoms with van der Waals surface area (Å²) in [4.78, 5) is 4.03. The van der Waals surface area contributed by atoms with E-state index in [4.69, 9.17) is 5.73 Å². The highest BCUT2D eigenvalue weighted by Gasteiger charge is 2.45. The molecule has 0 aromatic heterocycles. The summed E-state index contributed by atoms with van der Waals surface area (Å²) in [5.41, 5.74) is 5.51. The lowest BCUT2D eigenvalue weighted by Crippen LogP contribution is -2.52. The highest BCUT2D eigenvalue weighted by Crippen LogP contribution is 2.37. The molecule has 0 heterocycles. The van der Waals surface area contributed by atoms with Gasteiger partial charge in [0.25, 0.3) is 5.92 Å². The van der Waals surface area contributed by atoms with E-state index in [9.17, 15) is 8.78 Å². The van der Waals surface area contributed by atoms with Crippen molar-refractivity contribution in [2.75, 3.05) is 6.54 Å². The summed E-state index contributed by atoms with van der Waals surface area (Å²) in [7, 11) is 0. The molecular formula is C9H17F2N3. The van der Waals surface area contributed by atoms with E-state index in [0.717, 1.165) is 0 Å². The van der Waals surface area contributed by atoms with Gasteiger partial charge in [-0.05, 0) is 5.92 Å². The predicted molar refractivity (Wildman–Crippen MR) is 52.4 cm³/mol. The van der Waals surface area contributed by atoms with E-state index in [2.05, 4.69) is 10.3 Å². The largest absolute Gasteiger partial charge is 0.370 e. The molecule has 0 radical (unpaired) electrons. The van der Waals surface area contributed by atoms with Gasteiger partial charge in [-0.3, -0.25) is 4.99 Å². The number of hydrogen-bond donors (Lipinski definition) is 2. The normalized spacial score (nSPS) is 22.2. The molecular weight excluding hydrogens is 188 g/mol. The van der Waals surface area contributed by atoms with Crippen LogP contribution in [0.1, 0.15) is 26.7 Å². The zero-order valence-electron chi connectivity index (χ0n) is 8.56. The van der Waals surface area contributed by atoms with Gasteiger partial charge in [0.05, 0.1) is 0 Å². The van der Waals surface area contributed by atoms with Crippen LogP contribution in [0.15, 0.2) is 4.99 Å². The third-order valence-electron chi connectivity index (χ3n) is 2.07. The summed E-state index contributed by atoms with van der Waals surface area (Å²) < 4.78 is 24.9. The van der Waals surface area contributed by atoms with Gasteiger partial charge in [-0.2, -0.15) is 0 Å². The zero-order valence-corrected chi connectivity index (χ0v) is 8.56. The second-order valence-corrected chi connectivity index (χ2v) is 4.23. The number of rotatable bonds is 3. The Hall–Kier alpha value is -0.870. The van der Waals surface area contributed by atoms with Gasteiger partial charge < -0.3 is 11.1 Å². The maximum Gasteiger partial charge on any atom is 0.252 e. The number of alkyl halides is 2. The SMILES string of the molecule is CC(C)CN=C(N)NC1CC(F)(F)C1. The van der Waals surface area contributed by atoms with Gasteiger partial charge in [-0.25, -0.2) is 8.78 Å². The predicted octanol–water partition coefficient (Wildman–Crippen LogP) is 1.34. The maximum absolute atomic E-state index is 12.4. The number of nitrogens with zero attached hydrogens (tertiary/aromatic N) is 1. The molecule has 14 heavy (non-hydrogen) atoms. The van der Waals surface area contributed by atoms with E-state index in [1.807, 2.05) is 13.8 Å². The van der Waals surface area contributed by atoms with Gasteiger partial charge in [0.2, 0.25) is 0 Å². The molecule has 5 heteroatoms. The minimum atomic E-state index is -2.50. The van der Waals surface area contributed by atoms with Crippen molar-refractivity contribution in [3.8, 4) is 0 Å². The van der Waals surface area contributed by atoms with Crippen LogP contribution in [-0.2, 0) is 0 Å². The molecule has 3 nitrogen and oxygen atoms in total. The number of halogens is 2. The Bertz CT molecular complexity index is 218. The molecule has 0 aliphatic heterocycles. The number of aliphatic imine (C=N–C) groups is 1. The van der Waals surface area contributed by atoms with E-state index >= 15 is 0 Å². The van der Waals surface area contributed by atoms with Crippen LogP contribution < -0.4 is 11.1 Å². The van der Waals surface area contributed by atoms with Crippen LogP contribution in [0.5, 0.6) is 0 Å². The fraction of sp³-hybridized carbons (Fsp3) is 0.889. The molecule has 0 amide bonds. The van der Waals surface area contributed by atoms with Crippen molar-refractivity contribution < 1.29 is 8.78 Å². The molecule has 0 spiro atoms. The summed E-state index contributed by atoms with van der Waals surface area (Å²) >= 11 is 0. The quantitative estimate of drug-likeness (QED) is 0.539. The second kappa shape index (κ2) is 4.11. The molecule has 0 atom stereocenters. The van der Waals surface area contributed by atoms with Crippen LogP contribution in [0.3, 0.4) is 0 Å². The molecule has 0 aromatic carbocycles. The van der Waals surface area contributed by atoms with Gasteiger partial charge >= 0.3 is 0 Å². The van der Waals surface area contributed by atoms with Gasteiger partial charge in [0.15, 0.2) is 5.96 Å². The molecule has 1 rings (SSSR count). The second-order valence-electron chi connectivity index (χ2n) is 4.23. The lowest BCUT2D eigenvalue weighted by atomic mass is 9.88. The first-order chi connectivity index (χ1) is 6.39. The van der Waals surface area contributed by atoms with Crippen LogP contribution in [0.4, 0.5) is 8.78 Å². The molecule has 1 aliphatic carbocycles. The Morgan fingerprint density at radius 3 is 2.57 bits per heavy atom.